The van der Waals surface area contributed by atoms with Crippen molar-refractivity contribution < 1.29 is 0 Å². The van der Waals surface area contributed by atoms with E-state index >= 15 is 0 Å². The Hall–Kier alpha value is -0.440. The number of thioether (sulfide) groups is 1. The van der Waals surface area contributed by atoms with Gasteiger partial charge in [0.2, 0.25) is 0 Å². The summed E-state index contributed by atoms with van der Waals surface area (Å²) >= 11 is 2.03. The summed E-state index contributed by atoms with van der Waals surface area (Å²) in [7, 11) is 0. The molecule has 0 aliphatic carbocycles. The molecule has 0 aromatic carbocycles. The second-order valence-electron chi connectivity index (χ2n) is 2.57. The largest absolute Gasteiger partial charge is 0.348 e. The summed E-state index contributed by atoms with van der Waals surface area (Å²) in [5.74, 6) is 3.32. The molecule has 1 aliphatic rings. The number of nitrogens with one attached hydrogen (secondary N) is 1. The third-order valence-electron chi connectivity index (χ3n) is 1.89. The molecule has 1 unspecified atom stereocenters. The van der Waals surface area contributed by atoms with Crippen molar-refractivity contribution >= 4 is 11.8 Å². The number of H-pyrrole nitrogens is 1. The van der Waals surface area contributed by atoms with Crippen molar-refractivity contribution in [3.05, 3.63) is 18.2 Å². The first-order valence-corrected chi connectivity index (χ1v) is 4.68. The number of hydrogen-bond acceptors (Lipinski definition) is 2. The molecular formula is C7H10N2S. The van der Waals surface area contributed by atoms with Crippen LogP contribution in [-0.2, 0) is 0 Å². The zero-order chi connectivity index (χ0) is 6.81. The molecule has 10 heavy (non-hydrogen) atoms. The van der Waals surface area contributed by atoms with E-state index in [1.165, 1.54) is 23.6 Å². The summed E-state index contributed by atoms with van der Waals surface area (Å²) < 4.78 is 0. The molecule has 2 nitrogen and oxygen atoms in total. The minimum Gasteiger partial charge on any atom is -0.348 e. The lowest BCUT2D eigenvalue weighted by molar-refractivity contribution is 0.758. The average Bonchev–Trinajstić information content (AvgIpc) is 2.59. The van der Waals surface area contributed by atoms with Crippen LogP contribution >= 0.6 is 11.8 Å². The van der Waals surface area contributed by atoms with Crippen molar-refractivity contribution in [2.24, 2.45) is 0 Å². The Morgan fingerprint density at radius 3 is 3.30 bits per heavy atom. The highest BCUT2D eigenvalue weighted by Gasteiger charge is 2.17. The van der Waals surface area contributed by atoms with Crippen molar-refractivity contribution in [2.75, 3.05) is 11.5 Å². The molecule has 0 spiro atoms. The van der Waals surface area contributed by atoms with E-state index in [4.69, 9.17) is 0 Å². The maximum absolute atomic E-state index is 4.00. The highest BCUT2D eigenvalue weighted by Crippen LogP contribution is 2.30. The third-order valence-corrected chi connectivity index (χ3v) is 3.05. The molecule has 1 aromatic heterocycles. The minimum absolute atomic E-state index is 0.743. The fourth-order valence-electron chi connectivity index (χ4n) is 1.27. The van der Waals surface area contributed by atoms with Crippen molar-refractivity contribution in [1.29, 1.82) is 0 Å². The number of aromatic nitrogens is 2. The van der Waals surface area contributed by atoms with Gasteiger partial charge in [-0.3, -0.25) is 0 Å². The summed E-state index contributed by atoms with van der Waals surface area (Å²) in [6, 6.07) is 0. The standard InChI is InChI=1S/C7H10N2S/c1-2-10-4-6(1)7-3-8-5-9-7/h3,5-6H,1-2,4H2,(H,8,9). The van der Waals surface area contributed by atoms with Crippen LogP contribution in [0.5, 0.6) is 0 Å². The first kappa shape index (κ1) is 6.28. The Morgan fingerprint density at radius 1 is 1.70 bits per heavy atom. The summed E-state index contributed by atoms with van der Waals surface area (Å²) in [5, 5.41) is 0. The van der Waals surface area contributed by atoms with Gasteiger partial charge in [-0.15, -0.1) is 0 Å². The topological polar surface area (TPSA) is 28.7 Å². The van der Waals surface area contributed by atoms with Gasteiger partial charge in [-0.2, -0.15) is 11.8 Å². The van der Waals surface area contributed by atoms with Crippen LogP contribution in [0.4, 0.5) is 0 Å². The van der Waals surface area contributed by atoms with Crippen LogP contribution in [-0.4, -0.2) is 21.5 Å². The van der Waals surface area contributed by atoms with Gasteiger partial charge in [-0.05, 0) is 12.2 Å². The minimum atomic E-state index is 0.743. The average molecular weight is 154 g/mol. The number of rotatable bonds is 1. The predicted octanol–water partition coefficient (Wildman–Crippen LogP) is 1.63. The van der Waals surface area contributed by atoms with E-state index in [9.17, 15) is 0 Å². The fraction of sp³-hybridized carbons (Fsp3) is 0.571. The van der Waals surface area contributed by atoms with Crippen LogP contribution in [0.3, 0.4) is 0 Å². The van der Waals surface area contributed by atoms with E-state index in [0.717, 1.165) is 5.92 Å². The van der Waals surface area contributed by atoms with Crippen molar-refractivity contribution in [1.82, 2.24) is 9.97 Å². The molecule has 54 valence electrons. The predicted molar refractivity (Wildman–Crippen MR) is 43.3 cm³/mol. The zero-order valence-electron chi connectivity index (χ0n) is 5.71. The van der Waals surface area contributed by atoms with Gasteiger partial charge in [-0.1, -0.05) is 0 Å². The first-order chi connectivity index (χ1) is 4.97. The van der Waals surface area contributed by atoms with E-state index in [2.05, 4.69) is 9.97 Å². The van der Waals surface area contributed by atoms with E-state index in [1.807, 2.05) is 18.0 Å². The lowest BCUT2D eigenvalue weighted by Gasteiger charge is -2.01. The van der Waals surface area contributed by atoms with Crippen LogP contribution in [0.15, 0.2) is 12.5 Å². The van der Waals surface area contributed by atoms with E-state index in [1.54, 1.807) is 6.33 Å². The van der Waals surface area contributed by atoms with Crippen molar-refractivity contribution in [3.8, 4) is 0 Å². The molecule has 0 amide bonds. The zero-order valence-corrected chi connectivity index (χ0v) is 6.53. The molecule has 1 aliphatic heterocycles. The molecule has 2 heterocycles. The summed E-state index contributed by atoms with van der Waals surface area (Å²) in [6.07, 6.45) is 5.02. The van der Waals surface area contributed by atoms with Gasteiger partial charge in [0.1, 0.15) is 0 Å². The van der Waals surface area contributed by atoms with E-state index in [0.29, 0.717) is 0 Å². The van der Waals surface area contributed by atoms with Crippen LogP contribution in [0.25, 0.3) is 0 Å². The quantitative estimate of drug-likeness (QED) is 0.666. The highest BCUT2D eigenvalue weighted by atomic mass is 32.2. The normalized spacial score (nSPS) is 25.4. The Labute approximate surface area is 64.4 Å². The number of nitrogens with zero attached hydrogens (tertiary/aromatic N) is 1. The molecule has 2 rings (SSSR count). The van der Waals surface area contributed by atoms with Crippen LogP contribution in [0.2, 0.25) is 0 Å². The van der Waals surface area contributed by atoms with Crippen LogP contribution in [0.1, 0.15) is 18.0 Å². The highest BCUT2D eigenvalue weighted by molar-refractivity contribution is 7.99. The molecule has 1 N–H and O–H groups in total. The van der Waals surface area contributed by atoms with Crippen LogP contribution in [0, 0.1) is 0 Å². The third kappa shape index (κ3) is 1.06. The lowest BCUT2D eigenvalue weighted by Crippen LogP contribution is -1.95. The van der Waals surface area contributed by atoms with E-state index < -0.39 is 0 Å². The maximum atomic E-state index is 4.00. The van der Waals surface area contributed by atoms with Gasteiger partial charge in [0.05, 0.1) is 6.33 Å². The van der Waals surface area contributed by atoms with Crippen LogP contribution < -0.4 is 0 Å². The second kappa shape index (κ2) is 2.66. The van der Waals surface area contributed by atoms with Gasteiger partial charge >= 0.3 is 0 Å². The fourth-order valence-corrected chi connectivity index (χ4v) is 2.52. The molecule has 0 saturated carbocycles. The molecule has 1 fully saturated rings. The number of aromatic amines is 1. The van der Waals surface area contributed by atoms with Gasteiger partial charge < -0.3 is 4.98 Å². The summed E-state index contributed by atoms with van der Waals surface area (Å²) in [5.41, 5.74) is 1.31. The number of imidazole rings is 1. The Bertz CT molecular complexity index is 189. The molecule has 1 aromatic rings. The molecule has 1 atom stereocenters. The monoisotopic (exact) mass is 154 g/mol. The maximum Gasteiger partial charge on any atom is 0.0921 e. The summed E-state index contributed by atoms with van der Waals surface area (Å²) in [6.45, 7) is 0. The Morgan fingerprint density at radius 2 is 2.70 bits per heavy atom. The van der Waals surface area contributed by atoms with Crippen molar-refractivity contribution in [2.45, 2.75) is 12.3 Å². The lowest BCUT2D eigenvalue weighted by atomic mass is 10.1. The molecule has 0 bridgehead atoms. The van der Waals surface area contributed by atoms with Crippen molar-refractivity contribution in [3.63, 3.8) is 0 Å². The molecule has 3 heteroatoms. The molecule has 0 radical (unpaired) electrons. The smallest absolute Gasteiger partial charge is 0.0921 e. The SMILES string of the molecule is c1ncc(C2CCSC2)[nH]1. The molecule has 1 saturated heterocycles. The Balaban J connectivity index is 2.12. The van der Waals surface area contributed by atoms with Gasteiger partial charge in [-0.25, -0.2) is 4.98 Å². The Kier molecular flexibility index (Phi) is 1.67. The van der Waals surface area contributed by atoms with E-state index in [-0.39, 0.29) is 0 Å². The first-order valence-electron chi connectivity index (χ1n) is 3.53. The molecular weight excluding hydrogens is 144 g/mol. The number of hydrogen-bond donors (Lipinski definition) is 1. The van der Waals surface area contributed by atoms with Gasteiger partial charge in [0.15, 0.2) is 0 Å². The van der Waals surface area contributed by atoms with Gasteiger partial charge in [0.25, 0.3) is 0 Å². The van der Waals surface area contributed by atoms with Gasteiger partial charge in [0, 0.05) is 23.6 Å². The second-order valence-corrected chi connectivity index (χ2v) is 3.72. The summed E-state index contributed by atoms with van der Waals surface area (Å²) in [4.78, 5) is 7.16.